The number of rotatable bonds is 3. The molecule has 0 unspecified atom stereocenters. The normalized spacial score (nSPS) is 16.7. The summed E-state index contributed by atoms with van der Waals surface area (Å²) in [5.74, 6) is 1.53. The van der Waals surface area contributed by atoms with Gasteiger partial charge >= 0.3 is 0 Å². The van der Waals surface area contributed by atoms with Gasteiger partial charge in [0.2, 0.25) is 0 Å². The molecule has 1 aromatic carbocycles. The van der Waals surface area contributed by atoms with Crippen molar-refractivity contribution in [3.63, 3.8) is 0 Å². The summed E-state index contributed by atoms with van der Waals surface area (Å²) >= 11 is 3.42. The van der Waals surface area contributed by atoms with Crippen molar-refractivity contribution in [3.8, 4) is 5.69 Å². The number of nitrogens with zero attached hydrogens (tertiary/aromatic N) is 4. The Morgan fingerprint density at radius 2 is 1.95 bits per heavy atom. The largest absolute Gasteiger partial charge is 0.317 e. The number of nitrogens with one attached hydrogen (secondary N) is 1. The molecule has 1 fully saturated rings. The molecule has 3 rings (SSSR count). The van der Waals surface area contributed by atoms with Gasteiger partial charge in [-0.1, -0.05) is 15.9 Å². The van der Waals surface area contributed by atoms with Crippen molar-refractivity contribution in [2.45, 2.75) is 19.3 Å². The molecule has 0 atom stereocenters. The molecule has 0 bridgehead atoms. The minimum atomic E-state index is 0.684. The van der Waals surface area contributed by atoms with E-state index in [9.17, 15) is 0 Å². The van der Waals surface area contributed by atoms with E-state index in [1.54, 1.807) is 4.80 Å². The average molecular weight is 322 g/mol. The van der Waals surface area contributed by atoms with Crippen LogP contribution in [0, 0.1) is 5.92 Å². The first-order valence-electron chi connectivity index (χ1n) is 6.57. The van der Waals surface area contributed by atoms with E-state index < -0.39 is 0 Å². The second-order valence-corrected chi connectivity index (χ2v) is 5.78. The van der Waals surface area contributed by atoms with Crippen LogP contribution in [0.4, 0.5) is 0 Å². The van der Waals surface area contributed by atoms with E-state index in [4.69, 9.17) is 0 Å². The van der Waals surface area contributed by atoms with Crippen molar-refractivity contribution in [3.05, 3.63) is 34.6 Å². The molecule has 1 aliphatic heterocycles. The van der Waals surface area contributed by atoms with Crippen molar-refractivity contribution in [2.24, 2.45) is 5.92 Å². The number of hydrogen-bond donors (Lipinski definition) is 1. The van der Waals surface area contributed by atoms with E-state index >= 15 is 0 Å². The van der Waals surface area contributed by atoms with Gasteiger partial charge in [-0.15, -0.1) is 15.0 Å². The Labute approximate surface area is 120 Å². The van der Waals surface area contributed by atoms with E-state index in [0.29, 0.717) is 5.92 Å². The predicted octanol–water partition coefficient (Wildman–Crippen LogP) is 1.97. The number of halogens is 1. The van der Waals surface area contributed by atoms with Crippen molar-refractivity contribution in [1.29, 1.82) is 0 Å². The maximum atomic E-state index is 4.46. The molecule has 1 aliphatic rings. The zero-order valence-corrected chi connectivity index (χ0v) is 12.2. The highest BCUT2D eigenvalue weighted by Crippen LogP contribution is 2.16. The van der Waals surface area contributed by atoms with E-state index in [1.807, 2.05) is 24.3 Å². The van der Waals surface area contributed by atoms with Crippen molar-refractivity contribution in [2.75, 3.05) is 13.1 Å². The highest BCUT2D eigenvalue weighted by molar-refractivity contribution is 9.10. The van der Waals surface area contributed by atoms with Crippen LogP contribution in [-0.4, -0.2) is 33.3 Å². The second kappa shape index (κ2) is 5.79. The van der Waals surface area contributed by atoms with Crippen molar-refractivity contribution < 1.29 is 0 Å². The third kappa shape index (κ3) is 3.19. The standard InChI is InChI=1S/C13H16BrN5/c14-11-1-3-12(4-2-11)19-17-13(16-18-19)9-10-5-7-15-8-6-10/h1-4,10,15H,5-9H2. The van der Waals surface area contributed by atoms with Gasteiger partial charge in [-0.3, -0.25) is 0 Å². The van der Waals surface area contributed by atoms with Gasteiger partial charge in [-0.25, -0.2) is 0 Å². The lowest BCUT2D eigenvalue weighted by Gasteiger charge is -2.20. The fourth-order valence-electron chi connectivity index (χ4n) is 2.35. The Morgan fingerprint density at radius 3 is 2.68 bits per heavy atom. The number of piperidine rings is 1. The predicted molar refractivity (Wildman–Crippen MR) is 76.2 cm³/mol. The summed E-state index contributed by atoms with van der Waals surface area (Å²) in [6.45, 7) is 2.21. The van der Waals surface area contributed by atoms with Gasteiger partial charge in [0, 0.05) is 10.9 Å². The van der Waals surface area contributed by atoms with Crippen LogP contribution in [0.3, 0.4) is 0 Å². The molecule has 2 heterocycles. The molecule has 0 radical (unpaired) electrons. The number of aromatic nitrogens is 4. The van der Waals surface area contributed by atoms with Gasteiger partial charge in [0.1, 0.15) is 0 Å². The zero-order chi connectivity index (χ0) is 13.1. The van der Waals surface area contributed by atoms with Crippen LogP contribution in [0.2, 0.25) is 0 Å². The van der Waals surface area contributed by atoms with E-state index in [2.05, 4.69) is 36.7 Å². The van der Waals surface area contributed by atoms with E-state index in [0.717, 1.165) is 35.5 Å². The van der Waals surface area contributed by atoms with Crippen LogP contribution < -0.4 is 5.32 Å². The van der Waals surface area contributed by atoms with Gasteiger partial charge in [-0.2, -0.15) is 0 Å². The monoisotopic (exact) mass is 321 g/mol. The van der Waals surface area contributed by atoms with E-state index in [1.165, 1.54) is 12.8 Å². The summed E-state index contributed by atoms with van der Waals surface area (Å²) in [4.78, 5) is 1.60. The van der Waals surface area contributed by atoms with Gasteiger partial charge in [0.15, 0.2) is 5.82 Å². The molecule has 2 aromatic rings. The lowest BCUT2D eigenvalue weighted by Crippen LogP contribution is -2.28. The summed E-state index contributed by atoms with van der Waals surface area (Å²) < 4.78 is 1.05. The Hall–Kier alpha value is -1.27. The minimum absolute atomic E-state index is 0.684. The minimum Gasteiger partial charge on any atom is -0.317 e. The Bertz CT molecular complexity index is 530. The Kier molecular flexibility index (Phi) is 3.89. The molecule has 0 spiro atoms. The van der Waals surface area contributed by atoms with Crippen LogP contribution >= 0.6 is 15.9 Å². The van der Waals surface area contributed by atoms with Crippen LogP contribution in [0.15, 0.2) is 28.7 Å². The Balaban J connectivity index is 1.70. The van der Waals surface area contributed by atoms with Gasteiger partial charge in [0.25, 0.3) is 0 Å². The van der Waals surface area contributed by atoms with Gasteiger partial charge in [-0.05, 0) is 61.3 Å². The topological polar surface area (TPSA) is 55.6 Å². The molecular formula is C13H16BrN5. The van der Waals surface area contributed by atoms with Crippen LogP contribution in [0.1, 0.15) is 18.7 Å². The molecule has 19 heavy (non-hydrogen) atoms. The molecule has 5 nitrogen and oxygen atoms in total. The summed E-state index contributed by atoms with van der Waals surface area (Å²) in [5, 5.41) is 16.1. The first kappa shape index (κ1) is 12.7. The number of hydrogen-bond acceptors (Lipinski definition) is 4. The lowest BCUT2D eigenvalue weighted by atomic mass is 9.94. The highest BCUT2D eigenvalue weighted by Gasteiger charge is 2.16. The first-order valence-corrected chi connectivity index (χ1v) is 7.36. The third-order valence-electron chi connectivity index (χ3n) is 3.44. The first-order chi connectivity index (χ1) is 9.31. The van der Waals surface area contributed by atoms with Gasteiger partial charge < -0.3 is 5.32 Å². The molecule has 1 N–H and O–H groups in total. The molecular weight excluding hydrogens is 306 g/mol. The molecule has 6 heteroatoms. The second-order valence-electron chi connectivity index (χ2n) is 4.87. The van der Waals surface area contributed by atoms with Crippen LogP contribution in [0.5, 0.6) is 0 Å². The zero-order valence-electron chi connectivity index (χ0n) is 10.6. The van der Waals surface area contributed by atoms with Crippen molar-refractivity contribution >= 4 is 15.9 Å². The van der Waals surface area contributed by atoms with Crippen molar-refractivity contribution in [1.82, 2.24) is 25.5 Å². The van der Waals surface area contributed by atoms with Crippen LogP contribution in [-0.2, 0) is 6.42 Å². The summed E-state index contributed by atoms with van der Waals surface area (Å²) in [5.41, 5.74) is 0.937. The molecule has 0 amide bonds. The van der Waals surface area contributed by atoms with Gasteiger partial charge in [0.05, 0.1) is 5.69 Å². The highest BCUT2D eigenvalue weighted by atomic mass is 79.9. The molecule has 0 saturated carbocycles. The fraction of sp³-hybridized carbons (Fsp3) is 0.462. The van der Waals surface area contributed by atoms with E-state index in [-0.39, 0.29) is 0 Å². The number of tetrazole rings is 1. The third-order valence-corrected chi connectivity index (χ3v) is 3.97. The fourth-order valence-corrected chi connectivity index (χ4v) is 2.62. The maximum absolute atomic E-state index is 4.46. The molecule has 0 aliphatic carbocycles. The quantitative estimate of drug-likeness (QED) is 0.939. The number of benzene rings is 1. The summed E-state index contributed by atoms with van der Waals surface area (Å²) in [7, 11) is 0. The average Bonchev–Trinajstić information content (AvgIpc) is 2.89. The Morgan fingerprint density at radius 1 is 1.21 bits per heavy atom. The molecule has 100 valence electrons. The summed E-state index contributed by atoms with van der Waals surface area (Å²) in [6, 6.07) is 7.90. The SMILES string of the molecule is Brc1ccc(-n2nnc(CC3CCNCC3)n2)cc1. The summed E-state index contributed by atoms with van der Waals surface area (Å²) in [6.07, 6.45) is 3.33. The maximum Gasteiger partial charge on any atom is 0.175 e. The smallest absolute Gasteiger partial charge is 0.175 e. The molecule has 1 saturated heterocycles. The molecule has 1 aromatic heterocycles. The van der Waals surface area contributed by atoms with Crippen LogP contribution in [0.25, 0.3) is 5.69 Å². The lowest BCUT2D eigenvalue weighted by molar-refractivity contribution is 0.367.